The summed E-state index contributed by atoms with van der Waals surface area (Å²) >= 11 is 0. The van der Waals surface area contributed by atoms with E-state index in [9.17, 15) is 15.3 Å². The van der Waals surface area contributed by atoms with Gasteiger partial charge in [-0.25, -0.2) is 9.97 Å². The summed E-state index contributed by atoms with van der Waals surface area (Å²) in [6.07, 6.45) is -1.67. The molecule has 4 atom stereocenters. The smallest absolute Gasteiger partial charge is 0.215 e. The van der Waals surface area contributed by atoms with Crippen molar-refractivity contribution >= 4 is 35.2 Å². The SMILES string of the molecule is CCOC(=N)c1cn(C2OC(CO)C(O)C2O)c2ncnc(N)c12.Cl. The highest BCUT2D eigenvalue weighted by molar-refractivity contribution is 6.08. The van der Waals surface area contributed by atoms with Crippen molar-refractivity contribution in [2.75, 3.05) is 18.9 Å². The first-order valence-electron chi connectivity index (χ1n) is 7.44. The monoisotopic (exact) mass is 373 g/mol. The highest BCUT2D eigenvalue weighted by Gasteiger charge is 2.44. The van der Waals surface area contributed by atoms with Crippen LogP contribution in [0.15, 0.2) is 12.5 Å². The Hall–Kier alpha value is -1.98. The van der Waals surface area contributed by atoms with Crippen LogP contribution in [-0.4, -0.2) is 67.3 Å². The molecule has 2 aromatic heterocycles. The van der Waals surface area contributed by atoms with Gasteiger partial charge in [-0.15, -0.1) is 12.4 Å². The van der Waals surface area contributed by atoms with Crippen molar-refractivity contribution in [2.24, 2.45) is 0 Å². The van der Waals surface area contributed by atoms with Gasteiger partial charge in [0.1, 0.15) is 36.1 Å². The van der Waals surface area contributed by atoms with Crippen LogP contribution in [0.2, 0.25) is 0 Å². The maximum Gasteiger partial charge on any atom is 0.215 e. The number of hydrogen-bond donors (Lipinski definition) is 5. The van der Waals surface area contributed by atoms with Gasteiger partial charge < -0.3 is 35.1 Å². The molecule has 0 saturated carbocycles. The third-order valence-corrected chi connectivity index (χ3v) is 3.96. The zero-order valence-electron chi connectivity index (χ0n) is 13.4. The number of aliphatic hydroxyl groups is 3. The number of aliphatic hydroxyl groups excluding tert-OH is 3. The Balaban J connectivity index is 0.00000225. The molecule has 4 unspecified atom stereocenters. The Morgan fingerprint density at radius 3 is 2.72 bits per heavy atom. The lowest BCUT2D eigenvalue weighted by Crippen LogP contribution is -2.33. The number of nitrogens with one attached hydrogen (secondary N) is 1. The Kier molecular flexibility index (Phi) is 5.80. The molecule has 1 saturated heterocycles. The minimum atomic E-state index is -1.27. The van der Waals surface area contributed by atoms with Crippen LogP contribution in [-0.2, 0) is 9.47 Å². The van der Waals surface area contributed by atoms with Crippen LogP contribution in [0.5, 0.6) is 0 Å². The molecule has 10 nitrogen and oxygen atoms in total. The number of rotatable bonds is 4. The molecule has 1 aliphatic heterocycles. The van der Waals surface area contributed by atoms with E-state index in [0.717, 1.165) is 0 Å². The summed E-state index contributed by atoms with van der Waals surface area (Å²) in [4.78, 5) is 8.07. The summed E-state index contributed by atoms with van der Waals surface area (Å²) in [5.74, 6) is 0.0411. The fourth-order valence-corrected chi connectivity index (χ4v) is 2.81. The van der Waals surface area contributed by atoms with Crippen molar-refractivity contribution in [1.82, 2.24) is 14.5 Å². The van der Waals surface area contributed by atoms with Gasteiger partial charge in [0.25, 0.3) is 0 Å². The maximum absolute atomic E-state index is 10.2. The standard InChI is InChI=1S/C14H19N5O5.ClH/c1-2-23-12(16)6-3-19(13-8(6)11(15)17-5-18-13)14-10(22)9(21)7(4-20)24-14;/h3,5,7,9-10,14,16,20-22H,2,4H2,1H3,(H2,15,17,18);1H. The summed E-state index contributed by atoms with van der Waals surface area (Å²) in [5, 5.41) is 37.8. The van der Waals surface area contributed by atoms with E-state index in [0.29, 0.717) is 23.2 Å². The van der Waals surface area contributed by atoms with Gasteiger partial charge in [-0.05, 0) is 6.92 Å². The molecule has 0 spiro atoms. The van der Waals surface area contributed by atoms with Gasteiger partial charge in [0.05, 0.1) is 24.2 Å². The average molecular weight is 374 g/mol. The lowest BCUT2D eigenvalue weighted by molar-refractivity contribution is -0.0508. The van der Waals surface area contributed by atoms with E-state index in [4.69, 9.17) is 20.6 Å². The maximum atomic E-state index is 10.2. The summed E-state index contributed by atoms with van der Waals surface area (Å²) in [7, 11) is 0. The highest BCUT2D eigenvalue weighted by atomic mass is 35.5. The normalized spacial score (nSPS) is 25.8. The molecule has 6 N–H and O–H groups in total. The zero-order valence-corrected chi connectivity index (χ0v) is 14.2. The van der Waals surface area contributed by atoms with E-state index in [-0.39, 0.29) is 24.1 Å². The Morgan fingerprint density at radius 1 is 1.40 bits per heavy atom. The second-order valence-corrected chi connectivity index (χ2v) is 5.40. The third-order valence-electron chi connectivity index (χ3n) is 3.96. The second kappa shape index (κ2) is 7.50. The van der Waals surface area contributed by atoms with E-state index in [2.05, 4.69) is 9.97 Å². The highest BCUT2D eigenvalue weighted by Crippen LogP contribution is 2.34. The third kappa shape index (κ3) is 3.14. The fraction of sp³-hybridized carbons (Fsp3) is 0.500. The van der Waals surface area contributed by atoms with Crippen LogP contribution in [0.4, 0.5) is 5.82 Å². The van der Waals surface area contributed by atoms with Gasteiger partial charge >= 0.3 is 0 Å². The molecule has 0 aliphatic carbocycles. The van der Waals surface area contributed by atoms with E-state index < -0.39 is 31.1 Å². The largest absolute Gasteiger partial charge is 0.478 e. The zero-order chi connectivity index (χ0) is 17.4. The Labute approximate surface area is 149 Å². The molecular weight excluding hydrogens is 354 g/mol. The fourth-order valence-electron chi connectivity index (χ4n) is 2.81. The number of nitrogens with zero attached hydrogens (tertiary/aromatic N) is 3. The van der Waals surface area contributed by atoms with E-state index in [1.807, 2.05) is 0 Å². The summed E-state index contributed by atoms with van der Waals surface area (Å²) in [6, 6.07) is 0. The van der Waals surface area contributed by atoms with Crippen molar-refractivity contribution < 1.29 is 24.8 Å². The minimum absolute atomic E-state index is 0. The van der Waals surface area contributed by atoms with Crippen LogP contribution >= 0.6 is 12.4 Å². The van der Waals surface area contributed by atoms with E-state index >= 15 is 0 Å². The van der Waals surface area contributed by atoms with Crippen LogP contribution < -0.4 is 5.73 Å². The first-order valence-corrected chi connectivity index (χ1v) is 7.44. The van der Waals surface area contributed by atoms with Crippen molar-refractivity contribution in [3.05, 3.63) is 18.1 Å². The quantitative estimate of drug-likeness (QED) is 0.351. The molecule has 11 heteroatoms. The predicted molar refractivity (Wildman–Crippen MR) is 90.7 cm³/mol. The molecule has 0 radical (unpaired) electrons. The van der Waals surface area contributed by atoms with Crippen LogP contribution in [0.1, 0.15) is 18.7 Å². The number of nitrogen functional groups attached to an aromatic ring is 1. The van der Waals surface area contributed by atoms with E-state index in [1.165, 1.54) is 17.1 Å². The molecule has 3 rings (SSSR count). The van der Waals surface area contributed by atoms with Gasteiger partial charge in [-0.2, -0.15) is 0 Å². The van der Waals surface area contributed by atoms with Crippen molar-refractivity contribution in [1.29, 1.82) is 5.41 Å². The van der Waals surface area contributed by atoms with Gasteiger partial charge in [0.15, 0.2) is 6.23 Å². The lowest BCUT2D eigenvalue weighted by Gasteiger charge is -2.17. The summed E-state index contributed by atoms with van der Waals surface area (Å²) < 4.78 is 12.2. The van der Waals surface area contributed by atoms with Gasteiger partial charge in [0.2, 0.25) is 5.90 Å². The number of ether oxygens (including phenoxy) is 2. The second-order valence-electron chi connectivity index (χ2n) is 5.40. The van der Waals surface area contributed by atoms with Gasteiger partial charge in [0, 0.05) is 6.20 Å². The van der Waals surface area contributed by atoms with E-state index in [1.54, 1.807) is 6.92 Å². The molecule has 25 heavy (non-hydrogen) atoms. The number of nitrogens with two attached hydrogens (primary N) is 1. The molecule has 1 aliphatic rings. The molecule has 3 heterocycles. The van der Waals surface area contributed by atoms with Crippen molar-refractivity contribution in [3.63, 3.8) is 0 Å². The first-order chi connectivity index (χ1) is 11.5. The van der Waals surface area contributed by atoms with Crippen molar-refractivity contribution in [3.8, 4) is 0 Å². The molecule has 1 fully saturated rings. The van der Waals surface area contributed by atoms with Crippen LogP contribution in [0.3, 0.4) is 0 Å². The molecule has 0 aromatic carbocycles. The number of halogens is 1. The van der Waals surface area contributed by atoms with Gasteiger partial charge in [-0.3, -0.25) is 5.41 Å². The summed E-state index contributed by atoms with van der Waals surface area (Å²) in [6.45, 7) is 1.61. The van der Waals surface area contributed by atoms with Crippen LogP contribution in [0.25, 0.3) is 11.0 Å². The number of aromatic nitrogens is 3. The molecule has 0 bridgehead atoms. The average Bonchev–Trinajstić information content (AvgIpc) is 3.08. The van der Waals surface area contributed by atoms with Crippen molar-refractivity contribution in [2.45, 2.75) is 31.5 Å². The predicted octanol–water partition coefficient (Wildman–Crippen LogP) is -0.591. The first kappa shape index (κ1) is 19.3. The number of hydrogen-bond acceptors (Lipinski definition) is 9. The molecule has 138 valence electrons. The Morgan fingerprint density at radius 2 is 2.12 bits per heavy atom. The lowest BCUT2D eigenvalue weighted by atomic mass is 10.1. The molecule has 2 aromatic rings. The topological polar surface area (TPSA) is 160 Å². The molecular formula is C14H20ClN5O5. The summed E-state index contributed by atoms with van der Waals surface area (Å²) in [5.41, 5.74) is 6.59. The molecule has 0 amide bonds. The van der Waals surface area contributed by atoms with Crippen LogP contribution in [0, 0.1) is 5.41 Å². The van der Waals surface area contributed by atoms with Gasteiger partial charge in [-0.1, -0.05) is 0 Å². The number of fused-ring (bicyclic) bond motifs is 1. The Bertz CT molecular complexity index is 769. The number of anilines is 1. The minimum Gasteiger partial charge on any atom is -0.478 e.